The van der Waals surface area contributed by atoms with Crippen LogP contribution in [-0.2, 0) is 18.0 Å². The second-order valence-electron chi connectivity index (χ2n) is 15.8. The number of rotatable bonds is 13. The maximum atomic E-state index is 12.8. The van der Waals surface area contributed by atoms with Crippen LogP contribution in [0.2, 0.25) is 54.4 Å². The van der Waals surface area contributed by atoms with Gasteiger partial charge < -0.3 is 22.4 Å². The number of azide groups is 1. The first-order valence-corrected chi connectivity index (χ1v) is 23.8. The van der Waals surface area contributed by atoms with E-state index in [2.05, 4.69) is 112 Å². The number of ether oxygens (including phenoxy) is 1. The molecule has 0 saturated carbocycles. The van der Waals surface area contributed by atoms with Crippen LogP contribution in [0.5, 0.6) is 0 Å². The highest BCUT2D eigenvalue weighted by atomic mass is 28.4. The van der Waals surface area contributed by atoms with E-state index in [0.29, 0.717) is 17.1 Å². The van der Waals surface area contributed by atoms with Crippen molar-refractivity contribution in [1.29, 1.82) is 0 Å². The molecule has 0 N–H and O–H groups in total. The van der Waals surface area contributed by atoms with E-state index in [0.717, 1.165) is 0 Å². The van der Waals surface area contributed by atoms with E-state index in [1.807, 2.05) is 0 Å². The molecular formula is C30H59N3O6Si3. The second-order valence-corrected chi connectivity index (χ2v) is 30.1. The molecule has 0 radical (unpaired) electrons. The third-order valence-corrected chi connectivity index (χ3v) is 22.9. The molecule has 9 nitrogen and oxygen atoms in total. The average Bonchev–Trinajstić information content (AvgIpc) is 3.18. The molecular weight excluding hydrogens is 583 g/mol. The van der Waals surface area contributed by atoms with Crippen LogP contribution in [0.1, 0.15) is 97.2 Å². The summed E-state index contributed by atoms with van der Waals surface area (Å²) in [4.78, 5) is 15.9. The first-order valence-electron chi connectivity index (χ1n) is 15.0. The lowest BCUT2D eigenvalue weighted by Gasteiger charge is -2.48. The van der Waals surface area contributed by atoms with E-state index in [4.69, 9.17) is 22.4 Å². The van der Waals surface area contributed by atoms with E-state index in [1.165, 1.54) is 0 Å². The molecule has 0 aliphatic heterocycles. The van der Waals surface area contributed by atoms with Crippen molar-refractivity contribution in [3.8, 4) is 0 Å². The fourth-order valence-electron chi connectivity index (χ4n) is 3.57. The van der Waals surface area contributed by atoms with Gasteiger partial charge >= 0.3 is 5.97 Å². The summed E-state index contributed by atoms with van der Waals surface area (Å²) in [6.45, 7) is 36.6. The van der Waals surface area contributed by atoms with E-state index in [-0.39, 0.29) is 28.3 Å². The van der Waals surface area contributed by atoms with Gasteiger partial charge in [-0.3, -0.25) is 0 Å². The highest BCUT2D eigenvalue weighted by molar-refractivity contribution is 6.75. The van der Waals surface area contributed by atoms with Crippen molar-refractivity contribution in [2.45, 2.75) is 149 Å². The van der Waals surface area contributed by atoms with Crippen LogP contribution in [0, 0.1) is 6.92 Å². The molecule has 242 valence electrons. The standard InChI is InChI=1S/C30H59N3O6Si3/c1-18-35-27(34)22-19-23(36-21(22)2)25(38-41(14,15)29(6,7)8)26(39-42(16,17)30(9,10)11)24(20-32-33-31)37-40(12,13)28(3,4)5/h19,24-26H,18,20H2,1-17H3/t24-,25-,26-/m1/s1. The van der Waals surface area contributed by atoms with Crippen molar-refractivity contribution < 1.29 is 27.2 Å². The SMILES string of the molecule is CCOC(=O)c1cc([C@@H](O[Si](C)(C)C(C)(C)C)[C@H](O[Si](C)(C)C(C)(C)C)[C@@H](CN=[N+]=[N-])O[Si](C)(C)C(C)(C)C)oc1C. The molecule has 0 aromatic carbocycles. The highest BCUT2D eigenvalue weighted by Crippen LogP contribution is 2.46. The highest BCUT2D eigenvalue weighted by Gasteiger charge is 2.50. The molecule has 0 unspecified atom stereocenters. The summed E-state index contributed by atoms with van der Waals surface area (Å²) in [5.41, 5.74) is 9.76. The summed E-state index contributed by atoms with van der Waals surface area (Å²) in [6.07, 6.45) is -1.99. The minimum Gasteiger partial charge on any atom is -0.463 e. The Bertz CT molecular complexity index is 1110. The van der Waals surface area contributed by atoms with Crippen molar-refractivity contribution in [2.24, 2.45) is 5.11 Å². The Morgan fingerprint density at radius 2 is 1.33 bits per heavy atom. The average molecular weight is 642 g/mol. The van der Waals surface area contributed by atoms with Crippen molar-refractivity contribution in [1.82, 2.24) is 0 Å². The summed E-state index contributed by atoms with van der Waals surface area (Å²) < 4.78 is 33.1. The zero-order chi connectivity index (χ0) is 33.1. The molecule has 1 aromatic heterocycles. The largest absolute Gasteiger partial charge is 0.463 e. The number of carbonyl (C=O) groups excluding carboxylic acids is 1. The van der Waals surface area contributed by atoms with Gasteiger partial charge in [-0.1, -0.05) is 67.4 Å². The van der Waals surface area contributed by atoms with Gasteiger partial charge in [0.2, 0.25) is 0 Å². The summed E-state index contributed by atoms with van der Waals surface area (Å²) in [5.74, 6) is 0.491. The Kier molecular flexibility index (Phi) is 12.6. The Labute approximate surface area is 258 Å². The molecule has 1 aromatic rings. The topological polar surface area (TPSA) is 116 Å². The van der Waals surface area contributed by atoms with Gasteiger partial charge in [0.05, 0.1) is 19.3 Å². The maximum absolute atomic E-state index is 12.8. The number of hydrogen-bond donors (Lipinski definition) is 0. The van der Waals surface area contributed by atoms with Crippen molar-refractivity contribution in [3.05, 3.63) is 33.6 Å². The Morgan fingerprint density at radius 3 is 1.76 bits per heavy atom. The fraction of sp³-hybridized carbons (Fsp3) is 0.833. The van der Waals surface area contributed by atoms with Crippen LogP contribution in [0.4, 0.5) is 0 Å². The number of carbonyl (C=O) groups is 1. The van der Waals surface area contributed by atoms with Gasteiger partial charge in [0, 0.05) is 4.91 Å². The van der Waals surface area contributed by atoms with Crippen LogP contribution >= 0.6 is 0 Å². The smallest absolute Gasteiger partial charge is 0.341 e. The number of aryl methyl sites for hydroxylation is 1. The minimum atomic E-state index is -2.45. The molecule has 42 heavy (non-hydrogen) atoms. The maximum Gasteiger partial charge on any atom is 0.341 e. The lowest BCUT2D eigenvalue weighted by Crippen LogP contribution is -2.56. The van der Waals surface area contributed by atoms with E-state index < -0.39 is 49.2 Å². The number of esters is 1. The molecule has 0 amide bonds. The Morgan fingerprint density at radius 1 is 0.881 bits per heavy atom. The molecule has 0 aliphatic carbocycles. The zero-order valence-electron chi connectivity index (χ0n) is 29.5. The minimum absolute atomic E-state index is 0.0735. The first-order chi connectivity index (χ1) is 18.7. The van der Waals surface area contributed by atoms with Crippen molar-refractivity contribution in [2.75, 3.05) is 13.2 Å². The first kappa shape index (κ1) is 38.6. The van der Waals surface area contributed by atoms with Crippen LogP contribution < -0.4 is 0 Å². The van der Waals surface area contributed by atoms with Gasteiger partial charge in [0.25, 0.3) is 0 Å². The molecule has 0 aliphatic rings. The van der Waals surface area contributed by atoms with E-state index >= 15 is 0 Å². The quantitative estimate of drug-likeness (QED) is 0.0696. The summed E-state index contributed by atoms with van der Waals surface area (Å²) >= 11 is 0. The van der Waals surface area contributed by atoms with Gasteiger partial charge in [-0.15, -0.1) is 0 Å². The normalized spacial score (nSPS) is 16.0. The number of furan rings is 1. The lowest BCUT2D eigenvalue weighted by atomic mass is 10.1. The number of nitrogens with zero attached hydrogens (tertiary/aromatic N) is 3. The third-order valence-electron chi connectivity index (χ3n) is 9.42. The molecule has 1 heterocycles. The Hall–Kier alpha value is -1.41. The van der Waals surface area contributed by atoms with Crippen molar-refractivity contribution in [3.63, 3.8) is 0 Å². The Balaban J connectivity index is 4.08. The summed E-state index contributed by atoms with van der Waals surface area (Å²) in [6, 6.07) is 1.73. The molecule has 3 atom stereocenters. The van der Waals surface area contributed by atoms with Crippen LogP contribution in [0.3, 0.4) is 0 Å². The van der Waals surface area contributed by atoms with Crippen molar-refractivity contribution >= 4 is 30.9 Å². The van der Waals surface area contributed by atoms with Gasteiger partial charge in [-0.2, -0.15) is 0 Å². The van der Waals surface area contributed by atoms with E-state index in [1.54, 1.807) is 19.9 Å². The molecule has 1 rings (SSSR count). The van der Waals surface area contributed by atoms with Crippen LogP contribution in [0.25, 0.3) is 10.4 Å². The molecule has 0 spiro atoms. The molecule has 0 saturated heterocycles. The van der Waals surface area contributed by atoms with Crippen LogP contribution in [-0.4, -0.2) is 56.3 Å². The predicted octanol–water partition coefficient (Wildman–Crippen LogP) is 9.92. The monoisotopic (exact) mass is 641 g/mol. The summed E-state index contributed by atoms with van der Waals surface area (Å²) in [5, 5.41) is 3.66. The zero-order valence-corrected chi connectivity index (χ0v) is 32.5. The molecule has 0 fully saturated rings. The fourth-order valence-corrected chi connectivity index (χ4v) is 7.44. The van der Waals surface area contributed by atoms with Crippen LogP contribution in [0.15, 0.2) is 15.6 Å². The van der Waals surface area contributed by atoms with E-state index in [9.17, 15) is 10.3 Å². The predicted molar refractivity (Wildman–Crippen MR) is 179 cm³/mol. The van der Waals surface area contributed by atoms with Gasteiger partial charge in [-0.05, 0) is 79.8 Å². The van der Waals surface area contributed by atoms with Gasteiger partial charge in [0.1, 0.15) is 29.3 Å². The van der Waals surface area contributed by atoms with Gasteiger partial charge in [-0.25, -0.2) is 4.79 Å². The molecule has 12 heteroatoms. The second kappa shape index (κ2) is 13.7. The molecule has 0 bridgehead atoms. The third kappa shape index (κ3) is 9.54. The van der Waals surface area contributed by atoms with Gasteiger partial charge in [0.15, 0.2) is 25.0 Å². The summed E-state index contributed by atoms with van der Waals surface area (Å²) in [7, 11) is -7.27. The number of hydrogen-bond acceptors (Lipinski definition) is 7. The lowest BCUT2D eigenvalue weighted by molar-refractivity contribution is -0.0454.